The molecule has 1 aliphatic carbocycles. The van der Waals surface area contributed by atoms with Crippen LogP contribution in [0, 0.1) is 0 Å². The summed E-state index contributed by atoms with van der Waals surface area (Å²) in [4.78, 5) is 24.2. The van der Waals surface area contributed by atoms with Gasteiger partial charge in [0.15, 0.2) is 4.34 Å². The standard InChI is InChI=1S/C17H19ClN4O2S2/c18-12-8-6-11(7-9-12)15(24)20-16-21-22-17(26-16)25-10-14(23)19-13-4-2-1-3-5-13/h6-9,13H,1-5,10H2,(H,19,23)(H,20,21,24). The van der Waals surface area contributed by atoms with Crippen molar-refractivity contribution >= 4 is 51.6 Å². The van der Waals surface area contributed by atoms with Crippen LogP contribution in [0.2, 0.25) is 5.02 Å². The molecular formula is C17H19ClN4O2S2. The Hall–Kier alpha value is -1.64. The van der Waals surface area contributed by atoms with Gasteiger partial charge in [0.25, 0.3) is 5.91 Å². The van der Waals surface area contributed by atoms with Crippen LogP contribution >= 0.6 is 34.7 Å². The molecule has 3 rings (SSSR count). The minimum Gasteiger partial charge on any atom is -0.353 e. The highest BCUT2D eigenvalue weighted by Crippen LogP contribution is 2.26. The molecule has 0 atom stereocenters. The number of benzene rings is 1. The molecule has 1 aromatic carbocycles. The van der Waals surface area contributed by atoms with E-state index in [1.807, 2.05) is 0 Å². The van der Waals surface area contributed by atoms with Crippen molar-refractivity contribution in [1.82, 2.24) is 15.5 Å². The average Bonchev–Trinajstić information content (AvgIpc) is 3.09. The first kappa shape index (κ1) is 19.1. The van der Waals surface area contributed by atoms with Gasteiger partial charge >= 0.3 is 0 Å². The molecular weight excluding hydrogens is 392 g/mol. The molecule has 2 amide bonds. The monoisotopic (exact) mass is 410 g/mol. The summed E-state index contributed by atoms with van der Waals surface area (Å²) >= 11 is 8.39. The highest BCUT2D eigenvalue weighted by molar-refractivity contribution is 8.01. The maximum absolute atomic E-state index is 12.1. The second kappa shape index (κ2) is 9.34. The maximum Gasteiger partial charge on any atom is 0.257 e. The third-order valence-corrected chi connectivity index (χ3v) is 6.25. The fraction of sp³-hybridized carbons (Fsp3) is 0.412. The second-order valence-electron chi connectivity index (χ2n) is 6.03. The topological polar surface area (TPSA) is 84.0 Å². The van der Waals surface area contributed by atoms with Gasteiger partial charge in [-0.15, -0.1) is 10.2 Å². The van der Waals surface area contributed by atoms with Crippen LogP contribution in [0.4, 0.5) is 5.13 Å². The van der Waals surface area contributed by atoms with Gasteiger partial charge in [-0.05, 0) is 37.1 Å². The van der Waals surface area contributed by atoms with Crippen LogP contribution in [0.15, 0.2) is 28.6 Å². The van der Waals surface area contributed by atoms with Crippen molar-refractivity contribution in [3.63, 3.8) is 0 Å². The number of nitrogens with zero attached hydrogens (tertiary/aromatic N) is 2. The largest absolute Gasteiger partial charge is 0.353 e. The molecule has 1 aromatic heterocycles. The quantitative estimate of drug-likeness (QED) is 0.555. The molecule has 2 N–H and O–H groups in total. The summed E-state index contributed by atoms with van der Waals surface area (Å²) in [5, 5.41) is 14.7. The Kier molecular flexibility index (Phi) is 6.87. The Morgan fingerprint density at radius 2 is 1.88 bits per heavy atom. The number of thioether (sulfide) groups is 1. The van der Waals surface area contributed by atoms with E-state index >= 15 is 0 Å². The highest BCUT2D eigenvalue weighted by Gasteiger charge is 2.16. The first-order valence-corrected chi connectivity index (χ1v) is 10.6. The van der Waals surface area contributed by atoms with Gasteiger partial charge in [0.1, 0.15) is 0 Å². The summed E-state index contributed by atoms with van der Waals surface area (Å²) in [6.07, 6.45) is 5.76. The minimum absolute atomic E-state index is 0.0175. The zero-order valence-corrected chi connectivity index (χ0v) is 16.4. The second-order valence-corrected chi connectivity index (χ2v) is 8.66. The molecule has 26 heavy (non-hydrogen) atoms. The maximum atomic E-state index is 12.1. The van der Waals surface area contributed by atoms with E-state index in [2.05, 4.69) is 20.8 Å². The van der Waals surface area contributed by atoms with E-state index in [-0.39, 0.29) is 11.8 Å². The Morgan fingerprint density at radius 1 is 1.15 bits per heavy atom. The number of carbonyl (C=O) groups excluding carboxylic acids is 2. The number of hydrogen-bond acceptors (Lipinski definition) is 6. The summed E-state index contributed by atoms with van der Waals surface area (Å²) < 4.78 is 0.648. The van der Waals surface area contributed by atoms with E-state index in [1.54, 1.807) is 24.3 Å². The Bertz CT molecular complexity index is 760. The fourth-order valence-corrected chi connectivity index (χ4v) is 4.42. The number of hydrogen-bond donors (Lipinski definition) is 2. The fourth-order valence-electron chi connectivity index (χ4n) is 2.73. The number of carbonyl (C=O) groups is 2. The van der Waals surface area contributed by atoms with Crippen LogP contribution in [0.25, 0.3) is 0 Å². The van der Waals surface area contributed by atoms with E-state index in [0.717, 1.165) is 12.8 Å². The molecule has 6 nitrogen and oxygen atoms in total. The van der Waals surface area contributed by atoms with Gasteiger partial charge in [-0.2, -0.15) is 0 Å². The predicted molar refractivity (Wildman–Crippen MR) is 105 cm³/mol. The van der Waals surface area contributed by atoms with Crippen LogP contribution in [-0.4, -0.2) is 33.8 Å². The van der Waals surface area contributed by atoms with Gasteiger partial charge in [0.05, 0.1) is 5.75 Å². The Morgan fingerprint density at radius 3 is 2.62 bits per heavy atom. The summed E-state index contributed by atoms with van der Waals surface area (Å²) in [5.41, 5.74) is 0.491. The molecule has 1 saturated carbocycles. The SMILES string of the molecule is O=C(CSc1nnc(NC(=O)c2ccc(Cl)cc2)s1)NC1CCCCC1. The van der Waals surface area contributed by atoms with Crippen LogP contribution in [0.5, 0.6) is 0 Å². The molecule has 0 bridgehead atoms. The molecule has 0 unspecified atom stereocenters. The van der Waals surface area contributed by atoms with Crippen molar-refractivity contribution < 1.29 is 9.59 Å². The van der Waals surface area contributed by atoms with E-state index in [1.165, 1.54) is 42.4 Å². The summed E-state index contributed by atoms with van der Waals surface area (Å²) in [5.74, 6) is 0.0456. The summed E-state index contributed by atoms with van der Waals surface area (Å²) in [6, 6.07) is 6.90. The van der Waals surface area contributed by atoms with E-state index in [9.17, 15) is 9.59 Å². The molecule has 9 heteroatoms. The normalized spacial score (nSPS) is 14.8. The lowest BCUT2D eigenvalue weighted by Crippen LogP contribution is -2.37. The third kappa shape index (κ3) is 5.69. The zero-order valence-electron chi connectivity index (χ0n) is 14.0. The molecule has 0 aliphatic heterocycles. The summed E-state index contributed by atoms with van der Waals surface area (Å²) in [6.45, 7) is 0. The predicted octanol–water partition coefficient (Wildman–Crippen LogP) is 3.98. The number of rotatable bonds is 6. The lowest BCUT2D eigenvalue weighted by Gasteiger charge is -2.22. The molecule has 1 aliphatic rings. The Balaban J connectivity index is 1.46. The molecule has 138 valence electrons. The zero-order chi connectivity index (χ0) is 18.4. The summed E-state index contributed by atoms with van der Waals surface area (Å²) in [7, 11) is 0. The first-order chi connectivity index (χ1) is 12.6. The van der Waals surface area contributed by atoms with Gasteiger partial charge < -0.3 is 5.32 Å². The smallest absolute Gasteiger partial charge is 0.257 e. The number of halogens is 1. The van der Waals surface area contributed by atoms with Gasteiger partial charge in [-0.1, -0.05) is 54.0 Å². The van der Waals surface area contributed by atoms with Crippen molar-refractivity contribution in [2.75, 3.05) is 11.1 Å². The van der Waals surface area contributed by atoms with Gasteiger partial charge in [-0.25, -0.2) is 0 Å². The number of aromatic nitrogens is 2. The van der Waals surface area contributed by atoms with Crippen molar-refractivity contribution in [1.29, 1.82) is 0 Å². The lowest BCUT2D eigenvalue weighted by atomic mass is 9.95. The molecule has 1 heterocycles. The van der Waals surface area contributed by atoms with Gasteiger partial charge in [0.2, 0.25) is 11.0 Å². The van der Waals surface area contributed by atoms with Crippen LogP contribution < -0.4 is 10.6 Å². The van der Waals surface area contributed by atoms with Crippen LogP contribution in [0.1, 0.15) is 42.5 Å². The first-order valence-electron chi connectivity index (χ1n) is 8.43. The molecule has 0 saturated heterocycles. The average molecular weight is 411 g/mol. The van der Waals surface area contributed by atoms with Gasteiger partial charge in [-0.3, -0.25) is 14.9 Å². The highest BCUT2D eigenvalue weighted by atomic mass is 35.5. The lowest BCUT2D eigenvalue weighted by molar-refractivity contribution is -0.119. The molecule has 1 fully saturated rings. The van der Waals surface area contributed by atoms with Crippen LogP contribution in [0.3, 0.4) is 0 Å². The van der Waals surface area contributed by atoms with Crippen molar-refractivity contribution in [3.05, 3.63) is 34.9 Å². The molecule has 0 radical (unpaired) electrons. The van der Waals surface area contributed by atoms with Crippen molar-refractivity contribution in [2.24, 2.45) is 0 Å². The number of amides is 2. The molecule has 2 aromatic rings. The number of nitrogens with one attached hydrogen (secondary N) is 2. The van der Waals surface area contributed by atoms with Crippen molar-refractivity contribution in [3.8, 4) is 0 Å². The van der Waals surface area contributed by atoms with Gasteiger partial charge in [0, 0.05) is 16.6 Å². The number of anilines is 1. The van der Waals surface area contributed by atoms with Crippen LogP contribution in [-0.2, 0) is 4.79 Å². The third-order valence-electron chi connectivity index (χ3n) is 4.03. The Labute approximate surface area is 165 Å². The van der Waals surface area contributed by atoms with Crippen molar-refractivity contribution in [2.45, 2.75) is 42.5 Å². The molecule has 0 spiro atoms. The van der Waals surface area contributed by atoms with E-state index in [0.29, 0.717) is 31.9 Å². The van der Waals surface area contributed by atoms with E-state index in [4.69, 9.17) is 11.6 Å². The van der Waals surface area contributed by atoms with E-state index < -0.39 is 0 Å². The minimum atomic E-state index is -0.274.